The Morgan fingerprint density at radius 3 is 3.13 bits per heavy atom. The van der Waals surface area contributed by atoms with Gasteiger partial charge in [-0.1, -0.05) is 6.92 Å². The van der Waals surface area contributed by atoms with Crippen molar-refractivity contribution in [3.8, 4) is 0 Å². The van der Waals surface area contributed by atoms with Crippen molar-refractivity contribution in [2.75, 3.05) is 19.8 Å². The molecule has 0 amide bonds. The largest absolute Gasteiger partial charge is 0.381 e. The quantitative estimate of drug-likeness (QED) is 0.807. The fourth-order valence-corrected chi connectivity index (χ4v) is 2.22. The molecule has 4 nitrogen and oxygen atoms in total. The average molecular weight is 209 g/mol. The van der Waals surface area contributed by atoms with Crippen LogP contribution in [0, 0.1) is 5.92 Å². The summed E-state index contributed by atoms with van der Waals surface area (Å²) in [4.78, 5) is 4.18. The van der Waals surface area contributed by atoms with Gasteiger partial charge in [0.25, 0.3) is 0 Å². The van der Waals surface area contributed by atoms with E-state index in [-0.39, 0.29) is 0 Å². The minimum atomic E-state index is 0.380. The van der Waals surface area contributed by atoms with Crippen molar-refractivity contribution >= 4 is 0 Å². The van der Waals surface area contributed by atoms with Crippen LogP contribution < -0.4 is 5.32 Å². The van der Waals surface area contributed by atoms with E-state index in [2.05, 4.69) is 21.8 Å². The van der Waals surface area contributed by atoms with Gasteiger partial charge in [0.05, 0.1) is 24.7 Å². The van der Waals surface area contributed by atoms with Gasteiger partial charge in [-0.3, -0.25) is 0 Å². The Labute approximate surface area is 90.6 Å². The first-order valence-electron chi connectivity index (χ1n) is 5.60. The third-order valence-corrected chi connectivity index (χ3v) is 3.03. The minimum absolute atomic E-state index is 0.380. The number of nitrogens with zero attached hydrogens (tertiary/aromatic N) is 2. The number of imidazole rings is 1. The summed E-state index contributed by atoms with van der Waals surface area (Å²) in [7, 11) is 2.04. The third kappa shape index (κ3) is 2.21. The molecule has 0 radical (unpaired) electrons. The van der Waals surface area contributed by atoms with Crippen LogP contribution in [0.4, 0.5) is 0 Å². The Morgan fingerprint density at radius 2 is 2.60 bits per heavy atom. The number of hydrogen-bond donors (Lipinski definition) is 1. The van der Waals surface area contributed by atoms with Crippen LogP contribution in [0.5, 0.6) is 0 Å². The molecule has 84 valence electrons. The Hall–Kier alpha value is -0.870. The summed E-state index contributed by atoms with van der Waals surface area (Å²) in [6, 6.07) is 0.380. The maximum atomic E-state index is 5.45. The molecule has 1 fully saturated rings. The molecule has 2 rings (SSSR count). The van der Waals surface area contributed by atoms with E-state index in [9.17, 15) is 0 Å². The number of rotatable bonds is 4. The highest BCUT2D eigenvalue weighted by Crippen LogP contribution is 2.28. The summed E-state index contributed by atoms with van der Waals surface area (Å²) < 4.78 is 7.54. The van der Waals surface area contributed by atoms with Crippen molar-refractivity contribution < 1.29 is 4.74 Å². The summed E-state index contributed by atoms with van der Waals surface area (Å²) in [5.41, 5.74) is 1.26. The van der Waals surface area contributed by atoms with E-state index in [0.29, 0.717) is 12.0 Å². The molecule has 0 aromatic carbocycles. The Kier molecular flexibility index (Phi) is 3.38. The molecule has 4 heteroatoms. The zero-order valence-corrected chi connectivity index (χ0v) is 9.44. The number of ether oxygens (including phenoxy) is 1. The highest BCUT2D eigenvalue weighted by Gasteiger charge is 2.27. The monoisotopic (exact) mass is 209 g/mol. The first kappa shape index (κ1) is 10.6. The van der Waals surface area contributed by atoms with E-state index in [1.807, 2.05) is 19.6 Å². The molecule has 15 heavy (non-hydrogen) atoms. The Balaban J connectivity index is 2.15. The van der Waals surface area contributed by atoms with Crippen molar-refractivity contribution in [3.63, 3.8) is 0 Å². The molecule has 0 bridgehead atoms. The summed E-state index contributed by atoms with van der Waals surface area (Å²) in [5, 5.41) is 3.53. The molecule has 1 aliphatic heterocycles. The fourth-order valence-electron chi connectivity index (χ4n) is 2.22. The molecule has 0 aliphatic carbocycles. The molecule has 0 saturated carbocycles. The summed E-state index contributed by atoms with van der Waals surface area (Å²) in [6.07, 6.45) is 4.95. The van der Waals surface area contributed by atoms with Crippen LogP contribution in [0.25, 0.3) is 0 Å². The van der Waals surface area contributed by atoms with Crippen LogP contribution in [0.2, 0.25) is 0 Å². The van der Waals surface area contributed by atoms with Crippen LogP contribution in [0.3, 0.4) is 0 Å². The molecular formula is C11H19N3O. The predicted octanol–water partition coefficient (Wildman–Crippen LogP) is 1.11. The first-order chi connectivity index (χ1) is 7.33. The predicted molar refractivity (Wildman–Crippen MR) is 58.6 cm³/mol. The van der Waals surface area contributed by atoms with E-state index in [1.165, 1.54) is 5.69 Å². The molecule has 1 aromatic rings. The summed E-state index contributed by atoms with van der Waals surface area (Å²) in [5.74, 6) is 0.584. The topological polar surface area (TPSA) is 39.1 Å². The van der Waals surface area contributed by atoms with Gasteiger partial charge in [0.1, 0.15) is 0 Å². The molecule has 2 heterocycles. The lowest BCUT2D eigenvalue weighted by Gasteiger charge is -2.23. The van der Waals surface area contributed by atoms with Crippen molar-refractivity contribution in [2.24, 2.45) is 13.0 Å². The lowest BCUT2D eigenvalue weighted by atomic mass is 9.96. The van der Waals surface area contributed by atoms with Gasteiger partial charge < -0.3 is 14.6 Å². The first-order valence-corrected chi connectivity index (χ1v) is 5.60. The SMILES string of the molecule is CCNC(c1cncn1C)C1CCOC1. The Morgan fingerprint density at radius 1 is 1.73 bits per heavy atom. The van der Waals surface area contributed by atoms with Crippen molar-refractivity contribution in [3.05, 3.63) is 18.2 Å². The summed E-state index contributed by atoms with van der Waals surface area (Å²) >= 11 is 0. The third-order valence-electron chi connectivity index (χ3n) is 3.03. The molecule has 2 atom stereocenters. The molecular weight excluding hydrogens is 190 g/mol. The molecule has 0 spiro atoms. The lowest BCUT2D eigenvalue weighted by Crippen LogP contribution is -2.30. The van der Waals surface area contributed by atoms with Gasteiger partial charge in [-0.25, -0.2) is 4.98 Å². The van der Waals surface area contributed by atoms with Gasteiger partial charge in [-0.2, -0.15) is 0 Å². The molecule has 1 aliphatic rings. The van der Waals surface area contributed by atoms with E-state index in [4.69, 9.17) is 4.74 Å². The second kappa shape index (κ2) is 4.77. The van der Waals surface area contributed by atoms with E-state index >= 15 is 0 Å². The maximum Gasteiger partial charge on any atom is 0.0946 e. The van der Waals surface area contributed by atoms with Crippen LogP contribution in [-0.2, 0) is 11.8 Å². The smallest absolute Gasteiger partial charge is 0.0946 e. The highest BCUT2D eigenvalue weighted by atomic mass is 16.5. The minimum Gasteiger partial charge on any atom is -0.381 e. The van der Waals surface area contributed by atoms with Crippen molar-refractivity contribution in [1.29, 1.82) is 0 Å². The zero-order chi connectivity index (χ0) is 10.7. The molecule has 1 aromatic heterocycles. The van der Waals surface area contributed by atoms with Gasteiger partial charge in [0.2, 0.25) is 0 Å². The van der Waals surface area contributed by atoms with Gasteiger partial charge in [-0.15, -0.1) is 0 Å². The van der Waals surface area contributed by atoms with E-state index in [1.54, 1.807) is 0 Å². The van der Waals surface area contributed by atoms with E-state index in [0.717, 1.165) is 26.2 Å². The molecule has 1 N–H and O–H groups in total. The van der Waals surface area contributed by atoms with Crippen molar-refractivity contribution in [2.45, 2.75) is 19.4 Å². The maximum absolute atomic E-state index is 5.45. The second-order valence-corrected chi connectivity index (χ2v) is 4.09. The summed E-state index contributed by atoms with van der Waals surface area (Å²) in [6.45, 7) is 4.87. The Bertz CT molecular complexity index is 305. The lowest BCUT2D eigenvalue weighted by molar-refractivity contribution is 0.176. The number of hydrogen-bond acceptors (Lipinski definition) is 3. The van der Waals surface area contributed by atoms with Gasteiger partial charge in [0, 0.05) is 25.8 Å². The average Bonchev–Trinajstić information content (AvgIpc) is 2.85. The molecule has 1 saturated heterocycles. The number of aromatic nitrogens is 2. The van der Waals surface area contributed by atoms with Crippen LogP contribution in [-0.4, -0.2) is 29.3 Å². The van der Waals surface area contributed by atoms with Crippen LogP contribution in [0.15, 0.2) is 12.5 Å². The van der Waals surface area contributed by atoms with Gasteiger partial charge >= 0.3 is 0 Å². The fraction of sp³-hybridized carbons (Fsp3) is 0.727. The van der Waals surface area contributed by atoms with Crippen LogP contribution >= 0.6 is 0 Å². The second-order valence-electron chi connectivity index (χ2n) is 4.09. The van der Waals surface area contributed by atoms with Crippen LogP contribution in [0.1, 0.15) is 25.1 Å². The normalized spacial score (nSPS) is 23.2. The molecule has 2 unspecified atom stereocenters. The van der Waals surface area contributed by atoms with Crippen molar-refractivity contribution in [1.82, 2.24) is 14.9 Å². The van der Waals surface area contributed by atoms with Gasteiger partial charge in [0.15, 0.2) is 0 Å². The standard InChI is InChI=1S/C11H19N3O/c1-3-13-11(9-4-5-15-7-9)10-6-12-8-14(10)2/h6,8-9,11,13H,3-5,7H2,1-2H3. The highest BCUT2D eigenvalue weighted by molar-refractivity contribution is 5.07. The van der Waals surface area contributed by atoms with Gasteiger partial charge in [-0.05, 0) is 13.0 Å². The number of nitrogens with one attached hydrogen (secondary N) is 1. The zero-order valence-electron chi connectivity index (χ0n) is 9.44. The van der Waals surface area contributed by atoms with E-state index < -0.39 is 0 Å². The number of aryl methyl sites for hydroxylation is 1.